The van der Waals surface area contributed by atoms with Gasteiger partial charge in [-0.05, 0) is 24.3 Å². The maximum Gasteiger partial charge on any atom is 0.308 e. The largest absolute Gasteiger partial charge is 0.461 e. The third-order valence-electron chi connectivity index (χ3n) is 5.95. The summed E-state index contributed by atoms with van der Waals surface area (Å²) in [6.45, 7) is 8.93. The molecule has 0 fully saturated rings. The molecule has 0 unspecified atom stereocenters. The molecule has 37 heavy (non-hydrogen) atoms. The van der Waals surface area contributed by atoms with Crippen LogP contribution in [-0.2, 0) is 35.3 Å². The van der Waals surface area contributed by atoms with Crippen molar-refractivity contribution < 1.29 is 34.4 Å². The summed E-state index contributed by atoms with van der Waals surface area (Å²) < 4.78 is 5.30. The molecule has 0 bridgehead atoms. The minimum absolute atomic E-state index is 0.0101. The molecule has 0 aliphatic heterocycles. The van der Waals surface area contributed by atoms with Crippen LogP contribution in [-0.4, -0.2) is 53.8 Å². The molecule has 0 aliphatic carbocycles. The Kier molecular flexibility index (Phi) is 13.3. The lowest BCUT2D eigenvalue weighted by Crippen LogP contribution is -2.69. The highest BCUT2D eigenvalue weighted by Crippen LogP contribution is 2.11. The second-order valence-corrected chi connectivity index (χ2v) is 9.74. The Morgan fingerprint density at radius 2 is 1.54 bits per heavy atom. The molecular formula is C26H42N5O6+. The smallest absolute Gasteiger partial charge is 0.308 e. The van der Waals surface area contributed by atoms with Crippen LogP contribution >= 0.6 is 0 Å². The van der Waals surface area contributed by atoms with Gasteiger partial charge in [-0.2, -0.15) is 0 Å². The molecule has 0 spiro atoms. The van der Waals surface area contributed by atoms with Gasteiger partial charge in [0.05, 0.1) is 6.42 Å². The molecule has 0 aliphatic rings. The fourth-order valence-electron chi connectivity index (χ4n) is 3.47. The molecule has 0 heterocycles. The van der Waals surface area contributed by atoms with Gasteiger partial charge >= 0.3 is 5.97 Å². The van der Waals surface area contributed by atoms with E-state index >= 15 is 0 Å². The average Bonchev–Trinajstić information content (AvgIpc) is 2.84. The molecule has 4 amide bonds. The van der Waals surface area contributed by atoms with Crippen LogP contribution in [0.25, 0.3) is 0 Å². The van der Waals surface area contributed by atoms with Crippen LogP contribution in [0.5, 0.6) is 0 Å². The number of carbonyl (C=O) groups is 5. The van der Waals surface area contributed by atoms with E-state index in [-0.39, 0.29) is 18.4 Å². The van der Waals surface area contributed by atoms with Crippen molar-refractivity contribution in [3.63, 3.8) is 0 Å². The van der Waals surface area contributed by atoms with E-state index in [4.69, 9.17) is 10.5 Å². The predicted octanol–water partition coefficient (Wildman–Crippen LogP) is -0.218. The van der Waals surface area contributed by atoms with Crippen molar-refractivity contribution in [1.29, 1.82) is 0 Å². The van der Waals surface area contributed by atoms with E-state index in [0.717, 1.165) is 5.56 Å². The number of esters is 1. The number of nitrogens with one attached hydrogen (secondary N) is 3. The topological polar surface area (TPSA) is 184 Å². The molecule has 11 heteroatoms. The van der Waals surface area contributed by atoms with Crippen molar-refractivity contribution in [2.24, 2.45) is 17.6 Å². The predicted molar refractivity (Wildman–Crippen MR) is 137 cm³/mol. The number of rotatable bonds is 15. The molecule has 0 radical (unpaired) electrons. The molecule has 5 atom stereocenters. The first-order valence-electron chi connectivity index (χ1n) is 12.6. The highest BCUT2D eigenvalue weighted by Gasteiger charge is 2.33. The van der Waals surface area contributed by atoms with Gasteiger partial charge in [0.1, 0.15) is 24.7 Å². The van der Waals surface area contributed by atoms with E-state index in [9.17, 15) is 24.0 Å². The van der Waals surface area contributed by atoms with E-state index in [1.165, 1.54) is 6.92 Å². The molecule has 1 aromatic carbocycles. The van der Waals surface area contributed by atoms with Crippen molar-refractivity contribution in [2.75, 3.05) is 0 Å². The van der Waals surface area contributed by atoms with Gasteiger partial charge in [0, 0.05) is 6.42 Å². The Balaban J connectivity index is 3.04. The Hall–Kier alpha value is -3.47. The first-order chi connectivity index (χ1) is 17.3. The summed E-state index contributed by atoms with van der Waals surface area (Å²) in [5.74, 6) is -3.35. The Bertz CT molecular complexity index is 923. The zero-order chi connectivity index (χ0) is 28.1. The van der Waals surface area contributed by atoms with Gasteiger partial charge in [-0.15, -0.1) is 0 Å². The molecule has 1 aromatic rings. The highest BCUT2D eigenvalue weighted by molar-refractivity contribution is 5.96. The number of amides is 4. The molecule has 1 rings (SSSR count). The summed E-state index contributed by atoms with van der Waals surface area (Å²) in [7, 11) is 0. The van der Waals surface area contributed by atoms with Gasteiger partial charge in [0.15, 0.2) is 6.04 Å². The molecule has 0 aromatic heterocycles. The lowest BCUT2D eigenvalue weighted by Gasteiger charge is -2.27. The highest BCUT2D eigenvalue weighted by atomic mass is 16.5. The quantitative estimate of drug-likeness (QED) is 0.199. The summed E-state index contributed by atoms with van der Waals surface area (Å²) in [5, 5.41) is 7.70. The first-order valence-corrected chi connectivity index (χ1v) is 12.6. The van der Waals surface area contributed by atoms with Crippen LogP contribution in [0.15, 0.2) is 30.3 Å². The fraction of sp³-hybridized carbons (Fsp3) is 0.577. The van der Waals surface area contributed by atoms with E-state index in [0.29, 0.717) is 12.8 Å². The minimum atomic E-state index is -1.29. The van der Waals surface area contributed by atoms with E-state index < -0.39 is 60.2 Å². The van der Waals surface area contributed by atoms with Crippen molar-refractivity contribution in [2.45, 2.75) is 84.7 Å². The van der Waals surface area contributed by atoms with Crippen LogP contribution < -0.4 is 27.4 Å². The molecular weight excluding hydrogens is 478 g/mol. The van der Waals surface area contributed by atoms with Crippen molar-refractivity contribution in [3.05, 3.63) is 35.9 Å². The van der Waals surface area contributed by atoms with Crippen LogP contribution in [0.2, 0.25) is 0 Å². The zero-order valence-corrected chi connectivity index (χ0v) is 22.4. The number of hydrogen-bond donors (Lipinski definition) is 5. The fourth-order valence-corrected chi connectivity index (χ4v) is 3.47. The number of ether oxygens (including phenoxy) is 1. The maximum atomic E-state index is 13.3. The van der Waals surface area contributed by atoms with E-state index in [1.807, 2.05) is 39.0 Å². The van der Waals surface area contributed by atoms with E-state index in [2.05, 4.69) is 21.7 Å². The lowest BCUT2D eigenvalue weighted by atomic mass is 9.97. The average molecular weight is 521 g/mol. The number of nitrogens with two attached hydrogens (primary N) is 1. The number of quaternary nitrogens is 1. The second kappa shape index (κ2) is 15.6. The van der Waals surface area contributed by atoms with Gasteiger partial charge in [0.25, 0.3) is 5.91 Å². The lowest BCUT2D eigenvalue weighted by molar-refractivity contribution is -0.406. The summed E-state index contributed by atoms with van der Waals surface area (Å²) in [6.07, 6.45) is 0.585. The monoisotopic (exact) mass is 520 g/mol. The third kappa shape index (κ3) is 11.4. The summed E-state index contributed by atoms with van der Waals surface area (Å²) >= 11 is 0. The van der Waals surface area contributed by atoms with Crippen LogP contribution in [0.1, 0.15) is 59.4 Å². The summed E-state index contributed by atoms with van der Waals surface area (Å²) in [5.41, 5.74) is 9.87. The zero-order valence-electron chi connectivity index (χ0n) is 22.4. The number of hydrogen-bond acceptors (Lipinski definition) is 6. The summed E-state index contributed by atoms with van der Waals surface area (Å²) in [4.78, 5) is 62.8. The summed E-state index contributed by atoms with van der Waals surface area (Å²) in [6, 6.07) is 5.14. The molecule has 8 N–H and O–H groups in total. The van der Waals surface area contributed by atoms with Crippen LogP contribution in [0.4, 0.5) is 0 Å². The molecule has 206 valence electrons. The normalized spacial score (nSPS) is 15.0. The van der Waals surface area contributed by atoms with Gasteiger partial charge in [0.2, 0.25) is 17.7 Å². The minimum Gasteiger partial charge on any atom is -0.461 e. The Morgan fingerprint density at radius 1 is 0.919 bits per heavy atom. The second-order valence-electron chi connectivity index (χ2n) is 9.74. The van der Waals surface area contributed by atoms with Gasteiger partial charge in [-0.1, -0.05) is 64.4 Å². The Labute approximate surface area is 218 Å². The first kappa shape index (κ1) is 31.6. The SMILES string of the molecule is CC[C@H](C)[C@H](NC(=O)[C@@H](CC(=O)OCc1ccccc1)NC(=O)[C@H]([NH3+])CC(C)C)C(=O)N[C@@H](C)C(N)=O. The van der Waals surface area contributed by atoms with Crippen molar-refractivity contribution >= 4 is 29.6 Å². The number of primary amides is 1. The van der Waals surface area contributed by atoms with Crippen molar-refractivity contribution in [3.8, 4) is 0 Å². The number of carbonyl (C=O) groups excluding carboxylic acids is 5. The van der Waals surface area contributed by atoms with Crippen molar-refractivity contribution in [1.82, 2.24) is 16.0 Å². The molecule has 0 saturated carbocycles. The maximum absolute atomic E-state index is 13.3. The standard InChI is InChI=1S/C26H41N5O6/c1-6-16(4)22(26(36)29-17(5)23(28)33)31-25(35)20(30-24(34)19(27)12-15(2)3)13-21(32)37-14-18-10-8-7-9-11-18/h7-11,15-17,19-20,22H,6,12-14,27H2,1-5H3,(H2,28,33)(H,29,36)(H,30,34)(H,31,35)/p+1/t16-,17-,19+,20+,22-/m0/s1. The third-order valence-corrected chi connectivity index (χ3v) is 5.95. The van der Waals surface area contributed by atoms with Gasteiger partial charge in [-0.3, -0.25) is 24.0 Å². The Morgan fingerprint density at radius 3 is 2.08 bits per heavy atom. The number of benzene rings is 1. The van der Waals surface area contributed by atoms with Crippen LogP contribution in [0, 0.1) is 11.8 Å². The molecule has 0 saturated heterocycles. The van der Waals surface area contributed by atoms with E-state index in [1.54, 1.807) is 19.1 Å². The van der Waals surface area contributed by atoms with Gasteiger partial charge in [-0.25, -0.2) is 0 Å². The molecule has 11 nitrogen and oxygen atoms in total. The van der Waals surface area contributed by atoms with Gasteiger partial charge < -0.3 is 32.2 Å². The van der Waals surface area contributed by atoms with Crippen LogP contribution in [0.3, 0.4) is 0 Å².